The number of nitrogen functional groups attached to an aromatic ring is 1. The van der Waals surface area contributed by atoms with Crippen molar-refractivity contribution in [3.05, 3.63) is 28.5 Å². The molecule has 0 fully saturated rings. The highest BCUT2D eigenvalue weighted by molar-refractivity contribution is 6.32. The van der Waals surface area contributed by atoms with Crippen molar-refractivity contribution in [2.24, 2.45) is 0 Å². The van der Waals surface area contributed by atoms with E-state index in [1.54, 1.807) is 33.3 Å². The van der Waals surface area contributed by atoms with Gasteiger partial charge in [0, 0.05) is 11.6 Å². The first-order valence-electron chi connectivity index (χ1n) is 6.25. The third kappa shape index (κ3) is 3.11. The number of benzene rings is 1. The maximum Gasteiger partial charge on any atom is 0.146 e. The largest absolute Gasteiger partial charge is 0.495 e. The van der Waals surface area contributed by atoms with Gasteiger partial charge in [-0.25, -0.2) is 9.97 Å². The van der Waals surface area contributed by atoms with E-state index >= 15 is 0 Å². The van der Waals surface area contributed by atoms with Crippen LogP contribution in [0, 0.1) is 13.8 Å². The zero-order valence-electron chi connectivity index (χ0n) is 12.3. The molecule has 0 unspecified atom stereocenters. The van der Waals surface area contributed by atoms with Gasteiger partial charge in [-0.3, -0.25) is 0 Å². The Morgan fingerprint density at radius 2 is 1.76 bits per heavy atom. The van der Waals surface area contributed by atoms with Gasteiger partial charge in [-0.05, 0) is 19.9 Å². The number of halogens is 1. The van der Waals surface area contributed by atoms with Gasteiger partial charge in [-0.2, -0.15) is 0 Å². The van der Waals surface area contributed by atoms with Gasteiger partial charge in [0.15, 0.2) is 0 Å². The number of ether oxygens (including phenoxy) is 2. The number of hydrogen-bond acceptors (Lipinski definition) is 6. The molecule has 2 aromatic rings. The van der Waals surface area contributed by atoms with E-state index in [0.29, 0.717) is 39.7 Å². The standard InChI is InChI=1S/C14H17ClN4O2/c1-7-13(16)17-8(2)18-14(7)19-10-5-9(15)11(20-3)6-12(10)21-4/h5-6H,1-4H3,(H3,16,17,18,19). The monoisotopic (exact) mass is 308 g/mol. The molecule has 0 amide bonds. The minimum absolute atomic E-state index is 0.434. The van der Waals surface area contributed by atoms with Crippen molar-refractivity contribution < 1.29 is 9.47 Å². The van der Waals surface area contributed by atoms with Crippen LogP contribution in [0.5, 0.6) is 11.5 Å². The molecule has 0 aliphatic rings. The van der Waals surface area contributed by atoms with E-state index in [9.17, 15) is 0 Å². The van der Waals surface area contributed by atoms with Crippen LogP contribution in [0.3, 0.4) is 0 Å². The fraction of sp³-hybridized carbons (Fsp3) is 0.286. The first kappa shape index (κ1) is 15.2. The number of anilines is 3. The molecule has 6 nitrogen and oxygen atoms in total. The van der Waals surface area contributed by atoms with Crippen molar-refractivity contribution in [2.75, 3.05) is 25.3 Å². The summed E-state index contributed by atoms with van der Waals surface area (Å²) in [6, 6.07) is 3.42. The van der Waals surface area contributed by atoms with E-state index in [1.165, 1.54) is 0 Å². The number of aromatic nitrogens is 2. The number of nitrogens with zero attached hydrogens (tertiary/aromatic N) is 2. The van der Waals surface area contributed by atoms with Crippen molar-refractivity contribution >= 4 is 28.9 Å². The predicted molar refractivity (Wildman–Crippen MR) is 83.8 cm³/mol. The Labute approximate surface area is 128 Å². The second-order valence-electron chi connectivity index (χ2n) is 4.44. The summed E-state index contributed by atoms with van der Waals surface area (Å²) < 4.78 is 10.5. The van der Waals surface area contributed by atoms with Crippen molar-refractivity contribution in [3.8, 4) is 11.5 Å². The molecule has 1 aromatic carbocycles. The molecule has 112 valence electrons. The normalized spacial score (nSPS) is 10.3. The Balaban J connectivity index is 2.46. The van der Waals surface area contributed by atoms with Gasteiger partial charge in [0.25, 0.3) is 0 Å². The second kappa shape index (κ2) is 6.05. The van der Waals surface area contributed by atoms with Crippen LogP contribution in [0.25, 0.3) is 0 Å². The summed E-state index contributed by atoms with van der Waals surface area (Å²) in [5.41, 5.74) is 7.28. The van der Waals surface area contributed by atoms with Crippen molar-refractivity contribution in [1.82, 2.24) is 9.97 Å². The molecular weight excluding hydrogens is 292 g/mol. The number of nitrogens with two attached hydrogens (primary N) is 1. The Morgan fingerprint density at radius 1 is 1.10 bits per heavy atom. The summed E-state index contributed by atoms with van der Waals surface area (Å²) in [4.78, 5) is 8.46. The Bertz CT molecular complexity index is 677. The van der Waals surface area contributed by atoms with E-state index in [1.807, 2.05) is 6.92 Å². The maximum atomic E-state index is 6.15. The van der Waals surface area contributed by atoms with Gasteiger partial charge < -0.3 is 20.5 Å². The van der Waals surface area contributed by atoms with Gasteiger partial charge in [0.2, 0.25) is 0 Å². The van der Waals surface area contributed by atoms with Crippen molar-refractivity contribution in [3.63, 3.8) is 0 Å². The smallest absolute Gasteiger partial charge is 0.146 e. The second-order valence-corrected chi connectivity index (χ2v) is 4.85. The minimum atomic E-state index is 0.434. The first-order chi connectivity index (χ1) is 9.96. The van der Waals surface area contributed by atoms with Crippen LogP contribution in [0.15, 0.2) is 12.1 Å². The molecule has 1 heterocycles. The van der Waals surface area contributed by atoms with Gasteiger partial charge in [0.05, 0.1) is 24.9 Å². The summed E-state index contributed by atoms with van der Waals surface area (Å²) in [7, 11) is 3.12. The number of hydrogen-bond donors (Lipinski definition) is 2. The predicted octanol–water partition coefficient (Wildman–Crippen LogP) is 3.09. The molecule has 0 aliphatic carbocycles. The third-order valence-corrected chi connectivity index (χ3v) is 3.32. The molecule has 3 N–H and O–H groups in total. The molecule has 0 saturated carbocycles. The fourth-order valence-corrected chi connectivity index (χ4v) is 2.10. The Kier molecular flexibility index (Phi) is 4.37. The highest BCUT2D eigenvalue weighted by Gasteiger charge is 2.13. The number of aryl methyl sites for hydroxylation is 1. The average molecular weight is 309 g/mol. The Morgan fingerprint density at radius 3 is 2.38 bits per heavy atom. The number of nitrogens with one attached hydrogen (secondary N) is 1. The van der Waals surface area contributed by atoms with Crippen LogP contribution in [-0.4, -0.2) is 24.2 Å². The maximum absolute atomic E-state index is 6.15. The van der Waals surface area contributed by atoms with Crippen LogP contribution in [0.2, 0.25) is 5.02 Å². The van der Waals surface area contributed by atoms with Crippen molar-refractivity contribution in [2.45, 2.75) is 13.8 Å². The van der Waals surface area contributed by atoms with Gasteiger partial charge in [-0.1, -0.05) is 11.6 Å². The van der Waals surface area contributed by atoms with Crippen LogP contribution in [0.1, 0.15) is 11.4 Å². The van der Waals surface area contributed by atoms with Gasteiger partial charge >= 0.3 is 0 Å². The average Bonchev–Trinajstić information content (AvgIpc) is 2.44. The molecular formula is C14H17ClN4O2. The van der Waals surface area contributed by atoms with E-state index in [2.05, 4.69) is 15.3 Å². The van der Waals surface area contributed by atoms with Gasteiger partial charge in [0.1, 0.15) is 29.0 Å². The summed E-state index contributed by atoms with van der Waals surface area (Å²) in [5.74, 6) is 2.75. The van der Waals surface area contributed by atoms with E-state index < -0.39 is 0 Å². The zero-order chi connectivity index (χ0) is 15.6. The molecule has 7 heteroatoms. The minimum Gasteiger partial charge on any atom is -0.495 e. The Hall–Kier alpha value is -2.21. The number of rotatable bonds is 4. The zero-order valence-corrected chi connectivity index (χ0v) is 13.1. The fourth-order valence-electron chi connectivity index (χ4n) is 1.86. The molecule has 0 aliphatic heterocycles. The lowest BCUT2D eigenvalue weighted by atomic mass is 10.2. The molecule has 21 heavy (non-hydrogen) atoms. The molecule has 2 rings (SSSR count). The van der Waals surface area contributed by atoms with Crippen LogP contribution < -0.4 is 20.5 Å². The highest BCUT2D eigenvalue weighted by Crippen LogP contribution is 2.37. The lowest BCUT2D eigenvalue weighted by molar-refractivity contribution is 0.396. The van der Waals surface area contributed by atoms with Gasteiger partial charge in [-0.15, -0.1) is 0 Å². The first-order valence-corrected chi connectivity index (χ1v) is 6.63. The molecule has 0 bridgehead atoms. The van der Waals surface area contributed by atoms with Crippen LogP contribution in [0.4, 0.5) is 17.3 Å². The lowest BCUT2D eigenvalue weighted by Gasteiger charge is -2.15. The van der Waals surface area contributed by atoms with E-state index in [0.717, 1.165) is 5.56 Å². The molecule has 0 saturated heterocycles. The van der Waals surface area contributed by atoms with E-state index in [-0.39, 0.29) is 0 Å². The molecule has 0 atom stereocenters. The van der Waals surface area contributed by atoms with Crippen LogP contribution in [-0.2, 0) is 0 Å². The highest BCUT2D eigenvalue weighted by atomic mass is 35.5. The summed E-state index contributed by atoms with van der Waals surface area (Å²) in [5, 5.41) is 3.64. The quantitative estimate of drug-likeness (QED) is 0.903. The van der Waals surface area contributed by atoms with E-state index in [4.69, 9.17) is 26.8 Å². The third-order valence-electron chi connectivity index (χ3n) is 3.02. The molecule has 0 radical (unpaired) electrons. The van der Waals surface area contributed by atoms with Crippen LogP contribution >= 0.6 is 11.6 Å². The summed E-state index contributed by atoms with van der Waals surface area (Å²) in [6.45, 7) is 3.62. The summed E-state index contributed by atoms with van der Waals surface area (Å²) >= 11 is 6.15. The molecule has 0 spiro atoms. The topological polar surface area (TPSA) is 82.3 Å². The lowest BCUT2D eigenvalue weighted by Crippen LogP contribution is -2.05. The SMILES string of the molecule is COc1cc(OC)c(Nc2nc(C)nc(N)c2C)cc1Cl. The van der Waals surface area contributed by atoms with Crippen molar-refractivity contribution in [1.29, 1.82) is 0 Å². The number of methoxy groups -OCH3 is 2. The summed E-state index contributed by atoms with van der Waals surface area (Å²) in [6.07, 6.45) is 0. The molecule has 1 aromatic heterocycles.